The van der Waals surface area contributed by atoms with E-state index in [1.807, 2.05) is 50.2 Å². The lowest BCUT2D eigenvalue weighted by Crippen LogP contribution is -2.35. The molecule has 1 unspecified atom stereocenters. The van der Waals surface area contributed by atoms with Crippen molar-refractivity contribution in [3.63, 3.8) is 0 Å². The van der Waals surface area contributed by atoms with Gasteiger partial charge in [0.15, 0.2) is 0 Å². The van der Waals surface area contributed by atoms with Crippen LogP contribution in [0.1, 0.15) is 13.8 Å². The lowest BCUT2D eigenvalue weighted by atomic mass is 10.3. The molecule has 142 valence electrons. The zero-order chi connectivity index (χ0) is 18.8. The molecule has 2 aromatic rings. The van der Waals surface area contributed by atoms with Crippen molar-refractivity contribution in [1.82, 2.24) is 5.32 Å². The number of aliphatic hydroxyl groups is 1. The molecule has 6 heteroatoms. The van der Waals surface area contributed by atoms with E-state index in [1.54, 1.807) is 12.1 Å². The molecule has 0 aromatic heterocycles. The summed E-state index contributed by atoms with van der Waals surface area (Å²) >= 11 is 5.83. The van der Waals surface area contributed by atoms with Crippen molar-refractivity contribution in [1.29, 1.82) is 0 Å². The van der Waals surface area contributed by atoms with E-state index in [-0.39, 0.29) is 6.61 Å². The highest BCUT2D eigenvalue weighted by molar-refractivity contribution is 6.30. The third-order valence-corrected chi connectivity index (χ3v) is 3.71. The fraction of sp³-hybridized carbons (Fsp3) is 0.400. The maximum Gasteiger partial charge on any atom is 0.122 e. The smallest absolute Gasteiger partial charge is 0.122 e. The molecule has 1 atom stereocenters. The molecule has 0 heterocycles. The first-order valence-corrected chi connectivity index (χ1v) is 9.06. The van der Waals surface area contributed by atoms with Crippen LogP contribution in [0.15, 0.2) is 48.5 Å². The Morgan fingerprint density at radius 2 is 1.31 bits per heavy atom. The maximum absolute atomic E-state index is 9.83. The first kappa shape index (κ1) is 20.4. The molecule has 26 heavy (non-hydrogen) atoms. The van der Waals surface area contributed by atoms with Crippen LogP contribution in [0.4, 0.5) is 0 Å². The Labute approximate surface area is 159 Å². The first-order chi connectivity index (χ1) is 12.5. The molecule has 0 saturated heterocycles. The van der Waals surface area contributed by atoms with Gasteiger partial charge in [-0.1, -0.05) is 25.4 Å². The summed E-state index contributed by atoms with van der Waals surface area (Å²) in [5.74, 6) is 2.18. The molecule has 0 amide bonds. The van der Waals surface area contributed by atoms with Gasteiger partial charge in [-0.05, 0) is 48.5 Å². The predicted octanol–water partition coefficient (Wildman–Crippen LogP) is 3.54. The van der Waals surface area contributed by atoms with Gasteiger partial charge in [-0.2, -0.15) is 0 Å². The fourth-order valence-electron chi connectivity index (χ4n) is 2.11. The van der Waals surface area contributed by atoms with Crippen LogP contribution in [-0.4, -0.2) is 43.6 Å². The van der Waals surface area contributed by atoms with Crippen molar-refractivity contribution >= 4 is 11.6 Å². The molecule has 0 spiro atoms. The molecule has 2 N–H and O–H groups in total. The highest BCUT2D eigenvalue weighted by Crippen LogP contribution is 2.18. The second kappa shape index (κ2) is 10.9. The van der Waals surface area contributed by atoms with Gasteiger partial charge in [0, 0.05) is 17.6 Å². The number of hydrogen-bond donors (Lipinski definition) is 2. The summed E-state index contributed by atoms with van der Waals surface area (Å²) in [6.07, 6.45) is -0.543. The number of benzene rings is 2. The summed E-state index contributed by atoms with van der Waals surface area (Å²) in [4.78, 5) is 0. The van der Waals surface area contributed by atoms with Crippen LogP contribution in [0.2, 0.25) is 5.02 Å². The number of nitrogens with one attached hydrogen (secondary N) is 1. The third-order valence-electron chi connectivity index (χ3n) is 3.46. The van der Waals surface area contributed by atoms with Crippen LogP contribution >= 0.6 is 11.6 Å². The molecule has 2 rings (SSSR count). The number of aliphatic hydroxyl groups excluding tert-OH is 1. The minimum absolute atomic E-state index is 0.245. The van der Waals surface area contributed by atoms with Gasteiger partial charge < -0.3 is 24.6 Å². The molecule has 0 saturated carbocycles. The average Bonchev–Trinajstić information content (AvgIpc) is 2.64. The number of halogens is 1. The third kappa shape index (κ3) is 7.95. The Balaban J connectivity index is 1.64. The minimum atomic E-state index is -0.543. The summed E-state index contributed by atoms with van der Waals surface area (Å²) in [7, 11) is 0. The van der Waals surface area contributed by atoms with E-state index in [4.69, 9.17) is 25.8 Å². The van der Waals surface area contributed by atoms with Gasteiger partial charge in [-0.3, -0.25) is 0 Å². The molecule has 0 aliphatic carbocycles. The van der Waals surface area contributed by atoms with Crippen LogP contribution in [0.25, 0.3) is 0 Å². The lowest BCUT2D eigenvalue weighted by molar-refractivity contribution is 0.104. The summed E-state index contributed by atoms with van der Waals surface area (Å²) in [5.41, 5.74) is 0. The number of ether oxygens (including phenoxy) is 3. The Morgan fingerprint density at radius 3 is 1.81 bits per heavy atom. The van der Waals surface area contributed by atoms with E-state index < -0.39 is 6.10 Å². The second-order valence-corrected chi connectivity index (χ2v) is 6.59. The van der Waals surface area contributed by atoms with Crippen molar-refractivity contribution in [3.8, 4) is 17.2 Å². The molecule has 5 nitrogen and oxygen atoms in total. The fourth-order valence-corrected chi connectivity index (χ4v) is 2.23. The van der Waals surface area contributed by atoms with Crippen molar-refractivity contribution in [2.45, 2.75) is 26.0 Å². The highest BCUT2D eigenvalue weighted by Gasteiger charge is 2.06. The minimum Gasteiger partial charge on any atom is -0.491 e. The van der Waals surface area contributed by atoms with Crippen molar-refractivity contribution in [3.05, 3.63) is 53.6 Å². The molecular weight excluding hydrogens is 354 g/mol. The van der Waals surface area contributed by atoms with Gasteiger partial charge >= 0.3 is 0 Å². The van der Waals surface area contributed by atoms with Gasteiger partial charge in [0.25, 0.3) is 0 Å². The normalized spacial score (nSPS) is 12.0. The van der Waals surface area contributed by atoms with Crippen LogP contribution < -0.4 is 19.5 Å². The molecule has 0 fully saturated rings. The van der Waals surface area contributed by atoms with Crippen molar-refractivity contribution < 1.29 is 19.3 Å². The summed E-state index contributed by atoms with van der Waals surface area (Å²) in [5, 5.41) is 13.7. The van der Waals surface area contributed by atoms with Crippen molar-refractivity contribution in [2.75, 3.05) is 26.4 Å². The lowest BCUT2D eigenvalue weighted by Gasteiger charge is -2.15. The van der Waals surface area contributed by atoms with E-state index in [0.717, 1.165) is 11.5 Å². The van der Waals surface area contributed by atoms with E-state index in [2.05, 4.69) is 5.32 Å². The molecule has 0 bridgehead atoms. The maximum atomic E-state index is 9.83. The monoisotopic (exact) mass is 379 g/mol. The molecular formula is C20H26ClNO4. The predicted molar refractivity (Wildman–Crippen MR) is 104 cm³/mol. The standard InChI is InChI=1S/C20H26ClNO4/c1-15(2)22-13-17(23)14-26-20-9-7-19(8-10-20)25-12-11-24-18-5-3-16(21)4-6-18/h3-10,15,17,22-23H,11-14H2,1-2H3. The van der Waals surface area contributed by atoms with Gasteiger partial charge in [0.1, 0.15) is 43.2 Å². The number of rotatable bonds is 11. The molecule has 0 radical (unpaired) electrons. The van der Waals surface area contributed by atoms with Crippen LogP contribution in [0.3, 0.4) is 0 Å². The topological polar surface area (TPSA) is 60.0 Å². The number of hydrogen-bond acceptors (Lipinski definition) is 5. The quantitative estimate of drug-likeness (QED) is 0.585. The summed E-state index contributed by atoms with van der Waals surface area (Å²) in [6, 6.07) is 14.8. The van der Waals surface area contributed by atoms with Gasteiger partial charge in [-0.25, -0.2) is 0 Å². The zero-order valence-electron chi connectivity index (χ0n) is 15.2. The summed E-state index contributed by atoms with van der Waals surface area (Å²) < 4.78 is 16.8. The van der Waals surface area contributed by atoms with E-state index in [1.165, 1.54) is 0 Å². The zero-order valence-corrected chi connectivity index (χ0v) is 15.9. The second-order valence-electron chi connectivity index (χ2n) is 6.15. The summed E-state index contributed by atoms with van der Waals surface area (Å²) in [6.45, 7) is 5.69. The van der Waals surface area contributed by atoms with Crippen LogP contribution in [0, 0.1) is 0 Å². The Morgan fingerprint density at radius 1 is 0.846 bits per heavy atom. The molecule has 0 aliphatic rings. The average molecular weight is 380 g/mol. The van der Waals surface area contributed by atoms with E-state index >= 15 is 0 Å². The van der Waals surface area contributed by atoms with Crippen molar-refractivity contribution in [2.24, 2.45) is 0 Å². The van der Waals surface area contributed by atoms with E-state index in [0.29, 0.717) is 36.6 Å². The van der Waals surface area contributed by atoms with Gasteiger partial charge in [0.05, 0.1) is 0 Å². The van der Waals surface area contributed by atoms with Gasteiger partial charge in [-0.15, -0.1) is 0 Å². The molecule has 2 aromatic carbocycles. The molecule has 0 aliphatic heterocycles. The Bertz CT molecular complexity index is 631. The highest BCUT2D eigenvalue weighted by atomic mass is 35.5. The Hall–Kier alpha value is -1.95. The largest absolute Gasteiger partial charge is 0.491 e. The van der Waals surface area contributed by atoms with E-state index in [9.17, 15) is 5.11 Å². The first-order valence-electron chi connectivity index (χ1n) is 8.68. The Kier molecular flexibility index (Phi) is 8.54. The SMILES string of the molecule is CC(C)NCC(O)COc1ccc(OCCOc2ccc(Cl)cc2)cc1. The van der Waals surface area contributed by atoms with Gasteiger partial charge in [0.2, 0.25) is 0 Å². The van der Waals surface area contributed by atoms with Crippen LogP contribution in [0.5, 0.6) is 17.2 Å². The van der Waals surface area contributed by atoms with Crippen LogP contribution in [-0.2, 0) is 0 Å².